The fourth-order valence-electron chi connectivity index (χ4n) is 1.22. The molecule has 0 fully saturated rings. The molecule has 1 aromatic carbocycles. The van der Waals surface area contributed by atoms with Gasteiger partial charge in [-0.25, -0.2) is 0 Å². The Labute approximate surface area is 110 Å². The lowest BCUT2D eigenvalue weighted by molar-refractivity contribution is -0.176. The van der Waals surface area contributed by atoms with E-state index in [0.29, 0.717) is 5.02 Å². The Hall–Kier alpha value is -1.81. The van der Waals surface area contributed by atoms with Crippen molar-refractivity contribution in [1.82, 2.24) is 0 Å². The maximum Gasteiger partial charge on any atom is 0.305 e. The zero-order valence-electron chi connectivity index (χ0n) is 10.1. The third-order valence-corrected chi connectivity index (χ3v) is 2.25. The number of carbonyl (C=O) groups is 2. The molecule has 0 unspecified atom stereocenters. The van der Waals surface area contributed by atoms with Crippen molar-refractivity contribution in [3.63, 3.8) is 0 Å². The van der Waals surface area contributed by atoms with Gasteiger partial charge in [0.25, 0.3) is 6.29 Å². The van der Waals surface area contributed by atoms with Gasteiger partial charge in [0.15, 0.2) is 0 Å². The molecular formula is C13H13ClO4. The summed E-state index contributed by atoms with van der Waals surface area (Å²) in [6.07, 6.45) is 2.03. The molecule has 0 saturated carbocycles. The fraction of sp³-hybridized carbons (Fsp3) is 0.231. The molecule has 0 bridgehead atoms. The van der Waals surface area contributed by atoms with Gasteiger partial charge in [0.05, 0.1) is 0 Å². The highest BCUT2D eigenvalue weighted by atomic mass is 35.5. The van der Waals surface area contributed by atoms with Crippen LogP contribution in [0.4, 0.5) is 0 Å². The van der Waals surface area contributed by atoms with Crippen LogP contribution in [0.2, 0.25) is 5.02 Å². The van der Waals surface area contributed by atoms with Crippen LogP contribution in [0.1, 0.15) is 19.4 Å². The Morgan fingerprint density at radius 1 is 1.17 bits per heavy atom. The summed E-state index contributed by atoms with van der Waals surface area (Å²) in [5.74, 6) is -1.07. The lowest BCUT2D eigenvalue weighted by Gasteiger charge is -2.12. The summed E-state index contributed by atoms with van der Waals surface area (Å²) in [6, 6.07) is 7.14. The van der Waals surface area contributed by atoms with E-state index in [-0.39, 0.29) is 0 Å². The van der Waals surface area contributed by atoms with E-state index in [1.54, 1.807) is 24.3 Å². The largest absolute Gasteiger partial charge is 0.421 e. The van der Waals surface area contributed by atoms with Crippen molar-refractivity contribution in [1.29, 1.82) is 0 Å². The molecule has 1 aromatic rings. The van der Waals surface area contributed by atoms with Crippen LogP contribution in [0.5, 0.6) is 0 Å². The fourth-order valence-corrected chi connectivity index (χ4v) is 1.42. The molecule has 0 aliphatic rings. The van der Waals surface area contributed by atoms with Crippen molar-refractivity contribution in [2.24, 2.45) is 0 Å². The van der Waals surface area contributed by atoms with E-state index >= 15 is 0 Å². The maximum atomic E-state index is 10.8. The van der Waals surface area contributed by atoms with Crippen LogP contribution in [-0.4, -0.2) is 18.2 Å². The summed E-state index contributed by atoms with van der Waals surface area (Å²) < 4.78 is 9.62. The van der Waals surface area contributed by atoms with Gasteiger partial charge in [-0.1, -0.05) is 35.9 Å². The minimum atomic E-state index is -1.05. The molecule has 4 nitrogen and oxygen atoms in total. The first kappa shape index (κ1) is 14.3. The molecule has 0 aliphatic carbocycles. The van der Waals surface area contributed by atoms with Crippen LogP contribution in [0.15, 0.2) is 30.3 Å². The van der Waals surface area contributed by atoms with E-state index in [1.807, 2.05) is 6.07 Å². The first-order valence-corrected chi connectivity index (χ1v) is 5.64. The number of esters is 2. The Morgan fingerprint density at radius 3 is 2.22 bits per heavy atom. The van der Waals surface area contributed by atoms with Crippen LogP contribution in [0.3, 0.4) is 0 Å². The number of ether oxygens (including phenoxy) is 2. The highest BCUT2D eigenvalue weighted by molar-refractivity contribution is 6.32. The third-order valence-electron chi connectivity index (χ3n) is 1.90. The number of benzene rings is 1. The minimum Gasteiger partial charge on any atom is -0.421 e. The highest BCUT2D eigenvalue weighted by Crippen LogP contribution is 2.17. The number of hydrogen-bond donors (Lipinski definition) is 0. The van der Waals surface area contributed by atoms with Gasteiger partial charge in [-0.05, 0) is 17.7 Å². The van der Waals surface area contributed by atoms with Gasteiger partial charge < -0.3 is 9.47 Å². The van der Waals surface area contributed by atoms with Gasteiger partial charge in [-0.2, -0.15) is 0 Å². The summed E-state index contributed by atoms with van der Waals surface area (Å²) in [5.41, 5.74) is 0.739. The van der Waals surface area contributed by atoms with Crippen LogP contribution in [-0.2, 0) is 19.1 Å². The molecule has 0 N–H and O–H groups in total. The number of rotatable bonds is 4. The maximum absolute atomic E-state index is 10.8. The molecule has 0 aliphatic heterocycles. The van der Waals surface area contributed by atoms with Crippen LogP contribution in [0.25, 0.3) is 6.08 Å². The average Bonchev–Trinajstić information content (AvgIpc) is 2.26. The highest BCUT2D eigenvalue weighted by Gasteiger charge is 2.11. The van der Waals surface area contributed by atoms with Crippen LogP contribution >= 0.6 is 11.6 Å². The van der Waals surface area contributed by atoms with E-state index < -0.39 is 18.2 Å². The second-order valence-electron chi connectivity index (χ2n) is 3.47. The molecule has 1 rings (SSSR count). The van der Waals surface area contributed by atoms with Crippen molar-refractivity contribution in [2.75, 3.05) is 0 Å². The molecule has 0 saturated heterocycles. The zero-order chi connectivity index (χ0) is 13.5. The summed E-state index contributed by atoms with van der Waals surface area (Å²) >= 11 is 5.95. The smallest absolute Gasteiger partial charge is 0.305 e. The molecule has 0 radical (unpaired) electrons. The number of hydrogen-bond acceptors (Lipinski definition) is 4. The Balaban J connectivity index is 2.79. The zero-order valence-corrected chi connectivity index (χ0v) is 10.8. The Morgan fingerprint density at radius 2 is 1.72 bits per heavy atom. The average molecular weight is 269 g/mol. The third kappa shape index (κ3) is 5.01. The first-order chi connectivity index (χ1) is 8.49. The van der Waals surface area contributed by atoms with Crippen LogP contribution < -0.4 is 0 Å². The summed E-state index contributed by atoms with van der Waals surface area (Å²) in [4.78, 5) is 21.7. The van der Waals surface area contributed by atoms with Crippen molar-refractivity contribution in [3.8, 4) is 0 Å². The molecule has 5 heteroatoms. The predicted molar refractivity (Wildman–Crippen MR) is 67.8 cm³/mol. The van der Waals surface area contributed by atoms with Gasteiger partial charge in [0, 0.05) is 18.9 Å². The van der Waals surface area contributed by atoms with E-state index in [0.717, 1.165) is 5.56 Å². The van der Waals surface area contributed by atoms with Gasteiger partial charge in [-0.3, -0.25) is 9.59 Å². The molecule has 96 valence electrons. The molecule has 0 aromatic heterocycles. The molecule has 0 spiro atoms. The quantitative estimate of drug-likeness (QED) is 0.622. The van der Waals surface area contributed by atoms with Crippen molar-refractivity contribution in [3.05, 3.63) is 40.9 Å². The van der Waals surface area contributed by atoms with Crippen LogP contribution in [0, 0.1) is 0 Å². The Kier molecular flexibility index (Phi) is 5.39. The predicted octanol–water partition coefficient (Wildman–Crippen LogP) is 2.81. The molecule has 0 amide bonds. The molecular weight excluding hydrogens is 256 g/mol. The van der Waals surface area contributed by atoms with E-state index in [1.165, 1.54) is 19.9 Å². The topological polar surface area (TPSA) is 52.6 Å². The van der Waals surface area contributed by atoms with Gasteiger partial charge >= 0.3 is 11.9 Å². The summed E-state index contributed by atoms with van der Waals surface area (Å²) in [7, 11) is 0. The number of carbonyl (C=O) groups excluding carboxylic acids is 2. The molecule has 0 heterocycles. The lowest BCUT2D eigenvalue weighted by atomic mass is 10.2. The van der Waals surface area contributed by atoms with Crippen molar-refractivity contribution >= 4 is 29.6 Å². The lowest BCUT2D eigenvalue weighted by Crippen LogP contribution is -2.19. The summed E-state index contributed by atoms with van der Waals surface area (Å²) in [6.45, 7) is 2.47. The monoisotopic (exact) mass is 268 g/mol. The van der Waals surface area contributed by atoms with E-state index in [4.69, 9.17) is 21.1 Å². The van der Waals surface area contributed by atoms with Gasteiger partial charge in [0.2, 0.25) is 0 Å². The second kappa shape index (κ2) is 6.81. The number of halogens is 1. The summed E-state index contributed by atoms with van der Waals surface area (Å²) in [5, 5.41) is 0.554. The van der Waals surface area contributed by atoms with Crippen molar-refractivity contribution in [2.45, 2.75) is 20.1 Å². The SMILES string of the molecule is CC(=O)OC(C=Cc1ccccc1Cl)OC(C)=O. The first-order valence-electron chi connectivity index (χ1n) is 5.26. The van der Waals surface area contributed by atoms with Gasteiger partial charge in [-0.15, -0.1) is 0 Å². The normalized spacial score (nSPS) is 10.7. The standard InChI is InChI=1S/C13H13ClO4/c1-9(15)17-13(18-10(2)16)8-7-11-5-3-4-6-12(11)14/h3-8,13H,1-2H3. The van der Waals surface area contributed by atoms with Gasteiger partial charge in [0.1, 0.15) is 0 Å². The molecule has 0 atom stereocenters. The minimum absolute atomic E-state index is 0.537. The van der Waals surface area contributed by atoms with E-state index in [2.05, 4.69) is 0 Å². The molecule has 18 heavy (non-hydrogen) atoms. The van der Waals surface area contributed by atoms with Crippen molar-refractivity contribution < 1.29 is 19.1 Å². The second-order valence-corrected chi connectivity index (χ2v) is 3.88. The Bertz CT molecular complexity index is 452. The van der Waals surface area contributed by atoms with E-state index in [9.17, 15) is 9.59 Å².